The molecule has 2 aromatic heterocycles. The van der Waals surface area contributed by atoms with Crippen molar-refractivity contribution in [1.82, 2.24) is 4.90 Å². The predicted molar refractivity (Wildman–Crippen MR) is 80.3 cm³/mol. The number of carbonyl (C=O) groups excluding carboxylic acids is 2. The normalized spacial score (nSPS) is 19.2. The first-order valence-electron chi connectivity index (χ1n) is 6.53. The molecule has 1 aliphatic heterocycles. The summed E-state index contributed by atoms with van der Waals surface area (Å²) in [5, 5.41) is 2.03. The summed E-state index contributed by atoms with van der Waals surface area (Å²) in [7, 11) is 1.40. The lowest BCUT2D eigenvalue weighted by Gasteiger charge is -2.31. The Balaban J connectivity index is 1.76. The molecular formula is C14H15NO3S2. The number of esters is 1. The third kappa shape index (κ3) is 2.45. The number of amides is 1. The lowest BCUT2D eigenvalue weighted by Crippen LogP contribution is -2.42. The van der Waals surface area contributed by atoms with Crippen LogP contribution < -0.4 is 0 Å². The van der Waals surface area contributed by atoms with Crippen molar-refractivity contribution in [3.8, 4) is 0 Å². The molecule has 6 heteroatoms. The van der Waals surface area contributed by atoms with E-state index in [2.05, 4.69) is 0 Å². The van der Waals surface area contributed by atoms with Crippen molar-refractivity contribution in [1.29, 1.82) is 0 Å². The van der Waals surface area contributed by atoms with Crippen LogP contribution in [0.4, 0.5) is 0 Å². The monoisotopic (exact) mass is 309 g/mol. The number of carbonyl (C=O) groups is 2. The second-order valence-electron chi connectivity index (χ2n) is 4.87. The molecular weight excluding hydrogens is 294 g/mol. The number of methoxy groups -OCH3 is 1. The van der Waals surface area contributed by atoms with E-state index in [1.165, 1.54) is 18.4 Å². The Hall–Kier alpha value is -1.40. The molecule has 2 aromatic rings. The van der Waals surface area contributed by atoms with Crippen LogP contribution in [0, 0.1) is 5.92 Å². The highest BCUT2D eigenvalue weighted by molar-refractivity contribution is 7.27. The lowest BCUT2D eigenvalue weighted by molar-refractivity contribution is -0.146. The summed E-state index contributed by atoms with van der Waals surface area (Å²) in [6, 6.07) is 3.99. The fraction of sp³-hybridized carbons (Fsp3) is 0.429. The van der Waals surface area contributed by atoms with Crippen molar-refractivity contribution in [3.63, 3.8) is 0 Å². The predicted octanol–water partition coefficient (Wildman–Crippen LogP) is 2.99. The third-order valence-electron chi connectivity index (χ3n) is 3.59. The molecule has 0 N–H and O–H groups in total. The van der Waals surface area contributed by atoms with Gasteiger partial charge >= 0.3 is 5.97 Å². The second-order valence-corrected chi connectivity index (χ2v) is 6.90. The molecule has 1 amide bonds. The number of rotatable bonds is 2. The molecule has 0 saturated carbocycles. The average molecular weight is 309 g/mol. The van der Waals surface area contributed by atoms with Gasteiger partial charge in [-0.2, -0.15) is 0 Å². The summed E-state index contributed by atoms with van der Waals surface area (Å²) in [6.07, 6.45) is 1.65. The van der Waals surface area contributed by atoms with Gasteiger partial charge in [0, 0.05) is 22.5 Å². The first-order valence-corrected chi connectivity index (χ1v) is 8.23. The van der Waals surface area contributed by atoms with Gasteiger partial charge < -0.3 is 9.64 Å². The second kappa shape index (κ2) is 5.54. The first kappa shape index (κ1) is 13.6. The zero-order valence-electron chi connectivity index (χ0n) is 11.1. The van der Waals surface area contributed by atoms with Crippen molar-refractivity contribution < 1.29 is 14.3 Å². The summed E-state index contributed by atoms with van der Waals surface area (Å²) in [5.41, 5.74) is 0. The van der Waals surface area contributed by atoms with Gasteiger partial charge in [-0.3, -0.25) is 9.59 Å². The van der Waals surface area contributed by atoms with Gasteiger partial charge in [0.25, 0.3) is 5.91 Å². The van der Waals surface area contributed by atoms with Crippen LogP contribution in [0.25, 0.3) is 9.40 Å². The van der Waals surface area contributed by atoms with Crippen molar-refractivity contribution >= 4 is 43.9 Å². The molecule has 106 valence electrons. The van der Waals surface area contributed by atoms with E-state index in [-0.39, 0.29) is 17.8 Å². The largest absolute Gasteiger partial charge is 0.469 e. The molecule has 1 atom stereocenters. The molecule has 3 heterocycles. The molecule has 1 saturated heterocycles. The maximum Gasteiger partial charge on any atom is 0.310 e. The molecule has 4 nitrogen and oxygen atoms in total. The van der Waals surface area contributed by atoms with E-state index in [9.17, 15) is 9.59 Å². The maximum absolute atomic E-state index is 12.5. The summed E-state index contributed by atoms with van der Waals surface area (Å²) in [4.78, 5) is 26.7. The standard InChI is InChI=1S/C14H15NO3S2/c1-18-14(17)9-3-2-5-15(8-9)13(16)12-7-11-10(20-12)4-6-19-11/h4,6-7,9H,2-3,5,8H2,1H3. The van der Waals surface area contributed by atoms with Crippen LogP contribution in [0.2, 0.25) is 0 Å². The van der Waals surface area contributed by atoms with Crippen molar-refractivity contribution in [3.05, 3.63) is 22.4 Å². The fourth-order valence-electron chi connectivity index (χ4n) is 2.55. The Bertz CT molecular complexity index is 617. The zero-order chi connectivity index (χ0) is 14.1. The minimum absolute atomic E-state index is 0.0343. The topological polar surface area (TPSA) is 46.6 Å². The Kier molecular flexibility index (Phi) is 3.76. The molecule has 0 aromatic carbocycles. The van der Waals surface area contributed by atoms with E-state index < -0.39 is 0 Å². The highest BCUT2D eigenvalue weighted by Gasteiger charge is 2.30. The van der Waals surface area contributed by atoms with E-state index in [4.69, 9.17) is 4.74 Å². The molecule has 1 aliphatic rings. The van der Waals surface area contributed by atoms with Gasteiger partial charge in [-0.1, -0.05) is 0 Å². The number of hydrogen-bond donors (Lipinski definition) is 0. The van der Waals surface area contributed by atoms with E-state index in [1.807, 2.05) is 17.5 Å². The van der Waals surface area contributed by atoms with Crippen LogP contribution >= 0.6 is 22.7 Å². The Morgan fingerprint density at radius 2 is 2.25 bits per heavy atom. The van der Waals surface area contributed by atoms with Crippen molar-refractivity contribution in [2.24, 2.45) is 5.92 Å². The van der Waals surface area contributed by atoms with Gasteiger partial charge in [0.05, 0.1) is 17.9 Å². The van der Waals surface area contributed by atoms with Crippen LogP contribution in [0.1, 0.15) is 22.5 Å². The minimum atomic E-state index is -0.213. The van der Waals surface area contributed by atoms with E-state index in [0.29, 0.717) is 6.54 Å². The first-order chi connectivity index (χ1) is 9.69. The van der Waals surface area contributed by atoms with Crippen LogP contribution in [0.3, 0.4) is 0 Å². The van der Waals surface area contributed by atoms with Gasteiger partial charge in [0.15, 0.2) is 0 Å². The number of nitrogens with zero attached hydrogens (tertiary/aromatic N) is 1. The summed E-state index contributed by atoms with van der Waals surface area (Å²) >= 11 is 3.17. The Labute approximate surface area is 125 Å². The SMILES string of the molecule is COC(=O)C1CCCN(C(=O)c2cc3sccc3s2)C1. The quantitative estimate of drug-likeness (QED) is 0.801. The van der Waals surface area contributed by atoms with Gasteiger partial charge in [0.1, 0.15) is 0 Å². The maximum atomic E-state index is 12.5. The lowest BCUT2D eigenvalue weighted by atomic mass is 9.98. The molecule has 3 rings (SSSR count). The van der Waals surface area contributed by atoms with Crippen molar-refractivity contribution in [2.75, 3.05) is 20.2 Å². The molecule has 20 heavy (non-hydrogen) atoms. The smallest absolute Gasteiger partial charge is 0.310 e. The molecule has 0 bridgehead atoms. The van der Waals surface area contributed by atoms with E-state index in [1.54, 1.807) is 16.2 Å². The van der Waals surface area contributed by atoms with Crippen LogP contribution in [-0.2, 0) is 9.53 Å². The van der Waals surface area contributed by atoms with Gasteiger partial charge in [-0.05, 0) is 30.4 Å². The third-order valence-corrected chi connectivity index (χ3v) is 5.67. The van der Waals surface area contributed by atoms with Crippen LogP contribution in [0.15, 0.2) is 17.5 Å². The number of piperidine rings is 1. The zero-order valence-corrected chi connectivity index (χ0v) is 12.8. The highest BCUT2D eigenvalue weighted by Crippen LogP contribution is 2.31. The van der Waals surface area contributed by atoms with Gasteiger partial charge in [-0.15, -0.1) is 22.7 Å². The number of ether oxygens (including phenoxy) is 1. The Morgan fingerprint density at radius 3 is 3.00 bits per heavy atom. The Morgan fingerprint density at radius 1 is 1.40 bits per heavy atom. The van der Waals surface area contributed by atoms with E-state index >= 15 is 0 Å². The van der Waals surface area contributed by atoms with Gasteiger partial charge in [0.2, 0.25) is 0 Å². The highest BCUT2D eigenvalue weighted by atomic mass is 32.1. The fourth-order valence-corrected chi connectivity index (χ4v) is 4.62. The molecule has 0 spiro atoms. The minimum Gasteiger partial charge on any atom is -0.469 e. The number of fused-ring (bicyclic) bond motifs is 1. The summed E-state index contributed by atoms with van der Waals surface area (Å²) < 4.78 is 7.09. The molecule has 1 fully saturated rings. The summed E-state index contributed by atoms with van der Waals surface area (Å²) in [5.74, 6) is -0.361. The molecule has 0 aliphatic carbocycles. The van der Waals surface area contributed by atoms with Crippen molar-refractivity contribution in [2.45, 2.75) is 12.8 Å². The van der Waals surface area contributed by atoms with Gasteiger partial charge in [-0.25, -0.2) is 0 Å². The number of thiophene rings is 2. The van der Waals surface area contributed by atoms with Crippen LogP contribution in [-0.4, -0.2) is 37.0 Å². The van der Waals surface area contributed by atoms with E-state index in [0.717, 1.165) is 33.7 Å². The number of hydrogen-bond acceptors (Lipinski definition) is 5. The summed E-state index contributed by atoms with van der Waals surface area (Å²) in [6.45, 7) is 1.19. The average Bonchev–Trinajstić information content (AvgIpc) is 3.07. The van der Waals surface area contributed by atoms with Crippen LogP contribution in [0.5, 0.6) is 0 Å². The number of likely N-dealkylation sites (tertiary alicyclic amines) is 1. The molecule has 0 radical (unpaired) electrons. The molecule has 1 unspecified atom stereocenters.